The van der Waals surface area contributed by atoms with E-state index < -0.39 is 0 Å². The first-order valence-corrected chi connectivity index (χ1v) is 7.39. The SMILES string of the molecule is CC(=O)c1ccc(OCCCC(=O)N2CCNCC2)cc1. The topological polar surface area (TPSA) is 58.6 Å². The Morgan fingerprint density at radius 2 is 1.86 bits per heavy atom. The summed E-state index contributed by atoms with van der Waals surface area (Å²) < 4.78 is 5.58. The molecular weight excluding hydrogens is 268 g/mol. The molecular formula is C16H22N2O3. The van der Waals surface area contributed by atoms with E-state index in [1.165, 1.54) is 6.92 Å². The molecule has 21 heavy (non-hydrogen) atoms. The van der Waals surface area contributed by atoms with Gasteiger partial charge in [-0.3, -0.25) is 9.59 Å². The minimum atomic E-state index is 0.0446. The summed E-state index contributed by atoms with van der Waals surface area (Å²) in [5.74, 6) is 0.977. The van der Waals surface area contributed by atoms with Crippen LogP contribution < -0.4 is 10.1 Å². The average Bonchev–Trinajstić information content (AvgIpc) is 2.52. The van der Waals surface area contributed by atoms with Gasteiger partial charge >= 0.3 is 0 Å². The van der Waals surface area contributed by atoms with Crippen molar-refractivity contribution in [2.24, 2.45) is 0 Å². The zero-order chi connectivity index (χ0) is 15.1. The second-order valence-corrected chi connectivity index (χ2v) is 5.16. The highest BCUT2D eigenvalue weighted by Gasteiger charge is 2.15. The van der Waals surface area contributed by atoms with Crippen molar-refractivity contribution in [1.82, 2.24) is 10.2 Å². The van der Waals surface area contributed by atoms with E-state index in [0.717, 1.165) is 31.9 Å². The second-order valence-electron chi connectivity index (χ2n) is 5.16. The van der Waals surface area contributed by atoms with Crippen molar-refractivity contribution in [2.45, 2.75) is 19.8 Å². The normalized spacial score (nSPS) is 14.8. The van der Waals surface area contributed by atoms with E-state index in [-0.39, 0.29) is 11.7 Å². The fourth-order valence-electron chi connectivity index (χ4n) is 2.27. The van der Waals surface area contributed by atoms with Crippen molar-refractivity contribution >= 4 is 11.7 Å². The van der Waals surface area contributed by atoms with Crippen LogP contribution in [-0.4, -0.2) is 49.4 Å². The number of nitrogens with zero attached hydrogens (tertiary/aromatic N) is 1. The molecule has 5 nitrogen and oxygen atoms in total. The highest BCUT2D eigenvalue weighted by atomic mass is 16.5. The summed E-state index contributed by atoms with van der Waals surface area (Å²) in [4.78, 5) is 25.0. The molecule has 1 aromatic carbocycles. The Bertz CT molecular complexity index is 479. The maximum absolute atomic E-state index is 11.9. The fraction of sp³-hybridized carbons (Fsp3) is 0.500. The predicted molar refractivity (Wildman–Crippen MR) is 80.6 cm³/mol. The van der Waals surface area contributed by atoms with Gasteiger partial charge in [0.05, 0.1) is 6.61 Å². The number of ether oxygens (including phenoxy) is 1. The summed E-state index contributed by atoms with van der Waals surface area (Å²) in [7, 11) is 0. The largest absolute Gasteiger partial charge is 0.494 e. The van der Waals surface area contributed by atoms with Crippen molar-refractivity contribution in [2.75, 3.05) is 32.8 Å². The van der Waals surface area contributed by atoms with Gasteiger partial charge in [-0.15, -0.1) is 0 Å². The predicted octanol–water partition coefficient (Wildman–Crippen LogP) is 1.48. The molecule has 0 unspecified atom stereocenters. The maximum atomic E-state index is 11.9. The number of carbonyl (C=O) groups is 2. The Morgan fingerprint density at radius 3 is 2.48 bits per heavy atom. The maximum Gasteiger partial charge on any atom is 0.222 e. The molecule has 0 radical (unpaired) electrons. The molecule has 1 aromatic rings. The number of Topliss-reactive ketones (excluding diaryl/α,β-unsaturated/α-hetero) is 1. The number of nitrogens with one attached hydrogen (secondary N) is 1. The Balaban J connectivity index is 1.67. The summed E-state index contributed by atoms with van der Waals surface area (Å²) in [6.07, 6.45) is 1.22. The fourth-order valence-corrected chi connectivity index (χ4v) is 2.27. The molecule has 1 fully saturated rings. The zero-order valence-corrected chi connectivity index (χ0v) is 12.4. The molecule has 1 amide bonds. The van der Waals surface area contributed by atoms with Crippen molar-refractivity contribution in [1.29, 1.82) is 0 Å². The first kappa shape index (κ1) is 15.5. The van der Waals surface area contributed by atoms with E-state index >= 15 is 0 Å². The Kier molecular flexibility index (Phi) is 5.75. The van der Waals surface area contributed by atoms with E-state index in [2.05, 4.69) is 5.32 Å². The molecule has 0 aromatic heterocycles. The van der Waals surface area contributed by atoms with Gasteiger partial charge < -0.3 is 15.0 Å². The number of hydrogen-bond donors (Lipinski definition) is 1. The van der Waals surface area contributed by atoms with Gasteiger partial charge in [0.1, 0.15) is 5.75 Å². The van der Waals surface area contributed by atoms with Crippen molar-refractivity contribution in [3.8, 4) is 5.75 Å². The van der Waals surface area contributed by atoms with Gasteiger partial charge in [-0.2, -0.15) is 0 Å². The standard InChI is InChI=1S/C16H22N2O3/c1-13(19)14-4-6-15(7-5-14)21-12-2-3-16(20)18-10-8-17-9-11-18/h4-7,17H,2-3,8-12H2,1H3. The van der Waals surface area contributed by atoms with E-state index in [0.29, 0.717) is 25.0 Å². The van der Waals surface area contributed by atoms with Gasteiger partial charge in [0.25, 0.3) is 0 Å². The Labute approximate surface area is 125 Å². The highest BCUT2D eigenvalue weighted by molar-refractivity contribution is 5.94. The van der Waals surface area contributed by atoms with Gasteiger partial charge in [0.15, 0.2) is 5.78 Å². The highest BCUT2D eigenvalue weighted by Crippen LogP contribution is 2.13. The molecule has 114 valence electrons. The monoisotopic (exact) mass is 290 g/mol. The van der Waals surface area contributed by atoms with Gasteiger partial charge in [0, 0.05) is 38.2 Å². The molecule has 1 heterocycles. The van der Waals surface area contributed by atoms with Crippen molar-refractivity contribution in [3.05, 3.63) is 29.8 Å². The average molecular weight is 290 g/mol. The van der Waals surface area contributed by atoms with Gasteiger partial charge in [0.2, 0.25) is 5.91 Å². The second kappa shape index (κ2) is 7.78. The molecule has 0 saturated carbocycles. The van der Waals surface area contributed by atoms with Crippen LogP contribution in [0, 0.1) is 0 Å². The van der Waals surface area contributed by atoms with Crippen LogP contribution in [0.5, 0.6) is 5.75 Å². The smallest absolute Gasteiger partial charge is 0.222 e. The van der Waals surface area contributed by atoms with Crippen LogP contribution in [0.2, 0.25) is 0 Å². The third-order valence-corrected chi connectivity index (χ3v) is 3.53. The number of hydrogen-bond acceptors (Lipinski definition) is 4. The first-order valence-electron chi connectivity index (χ1n) is 7.39. The Hall–Kier alpha value is -1.88. The van der Waals surface area contributed by atoms with Crippen LogP contribution in [0.15, 0.2) is 24.3 Å². The number of carbonyl (C=O) groups excluding carboxylic acids is 2. The third kappa shape index (κ3) is 4.86. The van der Waals surface area contributed by atoms with E-state index in [1.54, 1.807) is 24.3 Å². The molecule has 0 aliphatic carbocycles. The van der Waals surface area contributed by atoms with E-state index in [9.17, 15) is 9.59 Å². The number of ketones is 1. The number of benzene rings is 1. The summed E-state index contributed by atoms with van der Waals surface area (Å²) in [5.41, 5.74) is 0.677. The van der Waals surface area contributed by atoms with Crippen molar-refractivity contribution < 1.29 is 14.3 Å². The molecule has 0 spiro atoms. The van der Waals surface area contributed by atoms with Crippen molar-refractivity contribution in [3.63, 3.8) is 0 Å². The minimum absolute atomic E-state index is 0.0446. The summed E-state index contributed by atoms with van der Waals surface area (Å²) >= 11 is 0. The van der Waals surface area contributed by atoms with Gasteiger partial charge in [-0.1, -0.05) is 0 Å². The summed E-state index contributed by atoms with van der Waals surface area (Å²) in [5, 5.41) is 3.23. The summed E-state index contributed by atoms with van der Waals surface area (Å²) in [6.45, 7) is 5.41. The van der Waals surface area contributed by atoms with E-state index in [1.807, 2.05) is 4.90 Å². The van der Waals surface area contributed by atoms with Crippen LogP contribution in [0.3, 0.4) is 0 Å². The van der Waals surface area contributed by atoms with Crippen LogP contribution in [0.1, 0.15) is 30.1 Å². The quantitative estimate of drug-likeness (QED) is 0.637. The minimum Gasteiger partial charge on any atom is -0.494 e. The molecule has 1 N–H and O–H groups in total. The van der Waals surface area contributed by atoms with Gasteiger partial charge in [-0.05, 0) is 37.6 Å². The lowest BCUT2D eigenvalue weighted by Gasteiger charge is -2.27. The number of rotatable bonds is 6. The molecule has 1 saturated heterocycles. The third-order valence-electron chi connectivity index (χ3n) is 3.53. The molecule has 0 bridgehead atoms. The first-order chi connectivity index (χ1) is 10.2. The van der Waals surface area contributed by atoms with Crippen LogP contribution >= 0.6 is 0 Å². The van der Waals surface area contributed by atoms with Crippen LogP contribution in [0.25, 0.3) is 0 Å². The van der Waals surface area contributed by atoms with Crippen LogP contribution in [0.4, 0.5) is 0 Å². The molecule has 2 rings (SSSR count). The Morgan fingerprint density at radius 1 is 1.19 bits per heavy atom. The summed E-state index contributed by atoms with van der Waals surface area (Å²) in [6, 6.07) is 7.08. The molecule has 1 aliphatic rings. The molecule has 5 heteroatoms. The lowest BCUT2D eigenvalue weighted by molar-refractivity contribution is -0.132. The number of amides is 1. The lowest BCUT2D eigenvalue weighted by Crippen LogP contribution is -2.46. The van der Waals surface area contributed by atoms with Crippen LogP contribution in [-0.2, 0) is 4.79 Å². The van der Waals surface area contributed by atoms with E-state index in [4.69, 9.17) is 4.74 Å². The lowest BCUT2D eigenvalue weighted by atomic mass is 10.1. The molecule has 0 atom stereocenters. The molecule has 1 aliphatic heterocycles. The number of piperazine rings is 1. The zero-order valence-electron chi connectivity index (χ0n) is 12.4. The van der Waals surface area contributed by atoms with Gasteiger partial charge in [-0.25, -0.2) is 0 Å².